The minimum Gasteiger partial charge on any atom is -0.319 e. The standard InChI is InChI=1S/C16H28N4/c1-2-13-8-10-16(17,11-9-13)15-19-18-12-20(15)14-6-4-3-5-7-14/h12-14H,2-11,17H2,1H3. The summed E-state index contributed by atoms with van der Waals surface area (Å²) in [4.78, 5) is 0. The second-order valence-electron chi connectivity index (χ2n) is 6.86. The van der Waals surface area contributed by atoms with Gasteiger partial charge in [-0.15, -0.1) is 10.2 Å². The van der Waals surface area contributed by atoms with Gasteiger partial charge in [0.1, 0.15) is 6.33 Å². The van der Waals surface area contributed by atoms with E-state index in [4.69, 9.17) is 5.73 Å². The van der Waals surface area contributed by atoms with E-state index in [-0.39, 0.29) is 5.54 Å². The minimum atomic E-state index is -0.236. The van der Waals surface area contributed by atoms with Crippen molar-refractivity contribution in [1.29, 1.82) is 0 Å². The number of rotatable bonds is 3. The average molecular weight is 276 g/mol. The summed E-state index contributed by atoms with van der Waals surface area (Å²) in [5.41, 5.74) is 6.49. The first kappa shape index (κ1) is 14.1. The van der Waals surface area contributed by atoms with Crippen LogP contribution >= 0.6 is 0 Å². The minimum absolute atomic E-state index is 0.236. The molecule has 2 fully saturated rings. The van der Waals surface area contributed by atoms with Crippen molar-refractivity contribution >= 4 is 0 Å². The van der Waals surface area contributed by atoms with E-state index in [2.05, 4.69) is 21.7 Å². The van der Waals surface area contributed by atoms with Crippen molar-refractivity contribution < 1.29 is 0 Å². The van der Waals surface area contributed by atoms with Crippen LogP contribution in [0.5, 0.6) is 0 Å². The molecule has 0 radical (unpaired) electrons. The van der Waals surface area contributed by atoms with Crippen LogP contribution in [0.25, 0.3) is 0 Å². The average Bonchev–Trinajstić information content (AvgIpc) is 2.99. The highest BCUT2D eigenvalue weighted by Crippen LogP contribution is 2.39. The molecule has 4 nitrogen and oxygen atoms in total. The van der Waals surface area contributed by atoms with Gasteiger partial charge in [-0.05, 0) is 44.4 Å². The van der Waals surface area contributed by atoms with E-state index in [9.17, 15) is 0 Å². The Morgan fingerprint density at radius 1 is 1.20 bits per heavy atom. The van der Waals surface area contributed by atoms with Gasteiger partial charge in [0.05, 0.1) is 5.54 Å². The van der Waals surface area contributed by atoms with E-state index < -0.39 is 0 Å². The lowest BCUT2D eigenvalue weighted by molar-refractivity contribution is 0.208. The molecule has 0 aromatic carbocycles. The van der Waals surface area contributed by atoms with Crippen molar-refractivity contribution in [3.8, 4) is 0 Å². The van der Waals surface area contributed by atoms with Crippen molar-refractivity contribution in [2.45, 2.75) is 82.7 Å². The van der Waals surface area contributed by atoms with Gasteiger partial charge in [0.25, 0.3) is 0 Å². The third-order valence-corrected chi connectivity index (χ3v) is 5.56. The van der Waals surface area contributed by atoms with E-state index in [0.717, 1.165) is 24.6 Å². The first-order valence-electron chi connectivity index (χ1n) is 8.42. The van der Waals surface area contributed by atoms with Crippen LogP contribution in [0.1, 0.15) is 83.0 Å². The fourth-order valence-electron chi connectivity index (χ4n) is 4.05. The molecule has 2 N–H and O–H groups in total. The lowest BCUT2D eigenvalue weighted by Gasteiger charge is -2.37. The molecule has 2 saturated carbocycles. The number of nitrogens with two attached hydrogens (primary N) is 1. The van der Waals surface area contributed by atoms with Crippen LogP contribution in [0.2, 0.25) is 0 Å². The Morgan fingerprint density at radius 3 is 2.55 bits per heavy atom. The molecule has 0 spiro atoms. The van der Waals surface area contributed by atoms with Gasteiger partial charge in [0.15, 0.2) is 5.82 Å². The van der Waals surface area contributed by atoms with E-state index in [0.29, 0.717) is 6.04 Å². The van der Waals surface area contributed by atoms with Crippen molar-refractivity contribution in [2.75, 3.05) is 0 Å². The lowest BCUT2D eigenvalue weighted by atomic mass is 9.75. The van der Waals surface area contributed by atoms with E-state index >= 15 is 0 Å². The molecule has 3 rings (SSSR count). The monoisotopic (exact) mass is 276 g/mol. The van der Waals surface area contributed by atoms with Crippen LogP contribution in [0.4, 0.5) is 0 Å². The summed E-state index contributed by atoms with van der Waals surface area (Å²) in [5.74, 6) is 1.91. The number of hydrogen-bond acceptors (Lipinski definition) is 3. The summed E-state index contributed by atoms with van der Waals surface area (Å²) in [7, 11) is 0. The van der Waals surface area contributed by atoms with Crippen molar-refractivity contribution in [2.24, 2.45) is 11.7 Å². The van der Waals surface area contributed by atoms with Crippen molar-refractivity contribution in [3.63, 3.8) is 0 Å². The molecular weight excluding hydrogens is 248 g/mol. The molecular formula is C16H28N4. The first-order valence-corrected chi connectivity index (χ1v) is 8.42. The smallest absolute Gasteiger partial charge is 0.153 e. The molecule has 0 aliphatic heterocycles. The van der Waals surface area contributed by atoms with Gasteiger partial charge in [0, 0.05) is 6.04 Å². The van der Waals surface area contributed by atoms with Crippen LogP contribution in [0.15, 0.2) is 6.33 Å². The molecule has 112 valence electrons. The molecule has 2 aliphatic carbocycles. The van der Waals surface area contributed by atoms with Gasteiger partial charge in [-0.25, -0.2) is 0 Å². The highest BCUT2D eigenvalue weighted by atomic mass is 15.3. The number of nitrogens with zero attached hydrogens (tertiary/aromatic N) is 3. The van der Waals surface area contributed by atoms with Crippen LogP contribution in [0, 0.1) is 5.92 Å². The molecule has 0 atom stereocenters. The van der Waals surface area contributed by atoms with Crippen LogP contribution < -0.4 is 5.73 Å². The Balaban J connectivity index is 1.78. The van der Waals surface area contributed by atoms with Crippen LogP contribution in [-0.2, 0) is 5.54 Å². The molecule has 0 saturated heterocycles. The van der Waals surface area contributed by atoms with E-state index in [1.54, 1.807) is 0 Å². The maximum absolute atomic E-state index is 6.73. The maximum atomic E-state index is 6.73. The number of hydrogen-bond donors (Lipinski definition) is 1. The zero-order valence-electron chi connectivity index (χ0n) is 12.7. The van der Waals surface area contributed by atoms with Gasteiger partial charge < -0.3 is 10.3 Å². The predicted octanol–water partition coefficient (Wildman–Crippen LogP) is 3.54. The molecule has 0 unspecified atom stereocenters. The normalized spacial score (nSPS) is 32.4. The Bertz CT molecular complexity index is 425. The molecule has 2 aliphatic rings. The van der Waals surface area contributed by atoms with Crippen LogP contribution in [0.3, 0.4) is 0 Å². The Kier molecular flexibility index (Phi) is 4.11. The third-order valence-electron chi connectivity index (χ3n) is 5.56. The molecule has 20 heavy (non-hydrogen) atoms. The maximum Gasteiger partial charge on any atom is 0.153 e. The summed E-state index contributed by atoms with van der Waals surface area (Å²) in [6.45, 7) is 2.29. The summed E-state index contributed by atoms with van der Waals surface area (Å²) >= 11 is 0. The molecule has 0 bridgehead atoms. The SMILES string of the molecule is CCC1CCC(N)(c2nncn2C2CCCCC2)CC1. The second kappa shape index (κ2) is 5.84. The van der Waals surface area contributed by atoms with Gasteiger partial charge in [-0.2, -0.15) is 0 Å². The lowest BCUT2D eigenvalue weighted by Crippen LogP contribution is -2.43. The first-order chi connectivity index (χ1) is 9.73. The van der Waals surface area contributed by atoms with Gasteiger partial charge in [0.2, 0.25) is 0 Å². The van der Waals surface area contributed by atoms with Crippen molar-refractivity contribution in [3.05, 3.63) is 12.2 Å². The molecule has 1 aromatic heterocycles. The third kappa shape index (κ3) is 2.62. The summed E-state index contributed by atoms with van der Waals surface area (Å²) in [5, 5.41) is 8.62. The molecule has 0 amide bonds. The van der Waals surface area contributed by atoms with Crippen LogP contribution in [-0.4, -0.2) is 14.8 Å². The summed E-state index contributed by atoms with van der Waals surface area (Å²) < 4.78 is 2.31. The second-order valence-corrected chi connectivity index (χ2v) is 6.86. The van der Waals surface area contributed by atoms with Crippen molar-refractivity contribution in [1.82, 2.24) is 14.8 Å². The molecule has 1 aromatic rings. The Labute approximate surface area is 122 Å². The molecule has 1 heterocycles. The summed E-state index contributed by atoms with van der Waals surface area (Å²) in [6, 6.07) is 0.582. The Hall–Kier alpha value is -0.900. The highest BCUT2D eigenvalue weighted by molar-refractivity contribution is 5.08. The number of aromatic nitrogens is 3. The Morgan fingerprint density at radius 2 is 1.90 bits per heavy atom. The topological polar surface area (TPSA) is 56.7 Å². The largest absolute Gasteiger partial charge is 0.319 e. The quantitative estimate of drug-likeness (QED) is 0.918. The van der Waals surface area contributed by atoms with E-state index in [1.165, 1.54) is 51.4 Å². The van der Waals surface area contributed by atoms with Gasteiger partial charge >= 0.3 is 0 Å². The van der Waals surface area contributed by atoms with Gasteiger partial charge in [-0.1, -0.05) is 32.6 Å². The molecule has 4 heteroatoms. The zero-order valence-corrected chi connectivity index (χ0v) is 12.7. The van der Waals surface area contributed by atoms with E-state index in [1.807, 2.05) is 6.33 Å². The fourth-order valence-corrected chi connectivity index (χ4v) is 4.05. The highest BCUT2D eigenvalue weighted by Gasteiger charge is 2.37. The fraction of sp³-hybridized carbons (Fsp3) is 0.875. The predicted molar refractivity (Wildman–Crippen MR) is 80.3 cm³/mol. The zero-order chi connectivity index (χ0) is 14.0. The summed E-state index contributed by atoms with van der Waals surface area (Å²) in [6.07, 6.45) is 14.4. The van der Waals surface area contributed by atoms with Gasteiger partial charge in [-0.3, -0.25) is 0 Å².